The maximum Gasteiger partial charge on any atom is 0.411 e. The molecule has 158 valence electrons. The number of thiophene rings is 1. The van der Waals surface area contributed by atoms with Crippen molar-refractivity contribution in [1.29, 1.82) is 0 Å². The number of carbonyl (C=O) groups is 1. The molecule has 0 saturated carbocycles. The summed E-state index contributed by atoms with van der Waals surface area (Å²) in [7, 11) is 0. The van der Waals surface area contributed by atoms with Gasteiger partial charge in [0.1, 0.15) is 29.7 Å². The molecule has 1 unspecified atom stereocenters. The van der Waals surface area contributed by atoms with Crippen molar-refractivity contribution in [1.82, 2.24) is 9.97 Å². The van der Waals surface area contributed by atoms with Crippen LogP contribution in [0.4, 0.5) is 16.3 Å². The van der Waals surface area contributed by atoms with E-state index in [0.29, 0.717) is 24.4 Å². The first-order chi connectivity index (χ1) is 15.2. The van der Waals surface area contributed by atoms with Crippen molar-refractivity contribution in [3.05, 3.63) is 72.4 Å². The van der Waals surface area contributed by atoms with Crippen LogP contribution in [0.25, 0.3) is 10.2 Å². The van der Waals surface area contributed by atoms with Crippen LogP contribution in [0.15, 0.2) is 72.4 Å². The Morgan fingerprint density at radius 1 is 1.03 bits per heavy atom. The monoisotopic (exact) mass is 434 g/mol. The van der Waals surface area contributed by atoms with Gasteiger partial charge in [0.15, 0.2) is 0 Å². The van der Waals surface area contributed by atoms with Crippen LogP contribution in [0.2, 0.25) is 0 Å². The van der Waals surface area contributed by atoms with Crippen LogP contribution in [0, 0.1) is 0 Å². The minimum absolute atomic E-state index is 0.300. The number of nitrogens with zero attached hydrogens (tertiary/aromatic N) is 2. The molecule has 8 heteroatoms. The van der Waals surface area contributed by atoms with Crippen LogP contribution >= 0.6 is 11.3 Å². The second kappa shape index (κ2) is 9.90. The number of ether oxygens (including phenoxy) is 2. The van der Waals surface area contributed by atoms with Crippen LogP contribution in [-0.4, -0.2) is 28.7 Å². The summed E-state index contributed by atoms with van der Waals surface area (Å²) in [6, 6.07) is 18.6. The Bertz CT molecular complexity index is 1130. The molecule has 4 aromatic rings. The van der Waals surface area contributed by atoms with Gasteiger partial charge in [-0.2, -0.15) is 0 Å². The number of hydrogen-bond donors (Lipinski definition) is 2. The lowest BCUT2D eigenvalue weighted by molar-refractivity contribution is 0.115. The molecule has 0 aliphatic heterocycles. The van der Waals surface area contributed by atoms with Gasteiger partial charge >= 0.3 is 6.09 Å². The van der Waals surface area contributed by atoms with Crippen molar-refractivity contribution >= 4 is 39.2 Å². The molecule has 0 aliphatic rings. The number of nitrogens with one attached hydrogen (secondary N) is 2. The van der Waals surface area contributed by atoms with Gasteiger partial charge in [-0.1, -0.05) is 25.1 Å². The standard InChI is InChI=1S/C23H22N4O3S/c1-2-17(14-24-22-21-20(12-13-31-21)25-15-26-22)30-23(28)27-16-8-10-19(11-9-16)29-18-6-4-3-5-7-18/h3-13,15,17H,2,14H2,1H3,(H,27,28)(H,24,25,26). The summed E-state index contributed by atoms with van der Waals surface area (Å²) in [6.07, 6.45) is 1.39. The van der Waals surface area contributed by atoms with Crippen molar-refractivity contribution in [3.63, 3.8) is 0 Å². The Morgan fingerprint density at radius 3 is 2.58 bits per heavy atom. The lowest BCUT2D eigenvalue weighted by Gasteiger charge is -2.18. The highest BCUT2D eigenvalue weighted by Crippen LogP contribution is 2.25. The molecule has 0 spiro atoms. The summed E-state index contributed by atoms with van der Waals surface area (Å²) in [5, 5.41) is 7.99. The first-order valence-electron chi connectivity index (χ1n) is 9.94. The van der Waals surface area contributed by atoms with Gasteiger partial charge in [0.25, 0.3) is 0 Å². The molecule has 0 aliphatic carbocycles. The van der Waals surface area contributed by atoms with Crippen LogP contribution in [0.5, 0.6) is 11.5 Å². The first kappa shape index (κ1) is 20.6. The molecular weight excluding hydrogens is 412 g/mol. The number of carbonyl (C=O) groups excluding carboxylic acids is 1. The van der Waals surface area contributed by atoms with E-state index < -0.39 is 6.09 Å². The number of para-hydroxylation sites is 1. The van der Waals surface area contributed by atoms with E-state index in [1.54, 1.807) is 35.6 Å². The molecule has 0 bridgehead atoms. The topological polar surface area (TPSA) is 85.4 Å². The zero-order valence-electron chi connectivity index (χ0n) is 16.9. The molecule has 1 atom stereocenters. The summed E-state index contributed by atoms with van der Waals surface area (Å²) in [5.41, 5.74) is 1.53. The first-order valence-corrected chi connectivity index (χ1v) is 10.8. The lowest BCUT2D eigenvalue weighted by Crippen LogP contribution is -2.28. The van der Waals surface area contributed by atoms with Crippen molar-refractivity contribution in [2.75, 3.05) is 17.2 Å². The third-order valence-electron chi connectivity index (χ3n) is 4.55. The number of aromatic nitrogens is 2. The molecule has 2 aromatic heterocycles. The highest BCUT2D eigenvalue weighted by Gasteiger charge is 2.14. The normalized spacial score (nSPS) is 11.6. The van der Waals surface area contributed by atoms with E-state index >= 15 is 0 Å². The number of rotatable bonds is 8. The van der Waals surface area contributed by atoms with Crippen molar-refractivity contribution in [2.45, 2.75) is 19.4 Å². The van der Waals surface area contributed by atoms with Crippen LogP contribution in [0.3, 0.4) is 0 Å². The summed E-state index contributed by atoms with van der Waals surface area (Å²) in [5.74, 6) is 2.19. The Morgan fingerprint density at radius 2 is 1.81 bits per heavy atom. The third-order valence-corrected chi connectivity index (χ3v) is 5.46. The fourth-order valence-corrected chi connectivity index (χ4v) is 3.74. The average molecular weight is 435 g/mol. The summed E-state index contributed by atoms with van der Waals surface area (Å²) in [4.78, 5) is 20.8. The molecule has 4 rings (SSSR count). The van der Waals surface area contributed by atoms with E-state index in [1.165, 1.54) is 6.33 Å². The van der Waals surface area contributed by atoms with E-state index in [2.05, 4.69) is 20.6 Å². The Labute approximate surface area is 184 Å². The van der Waals surface area contributed by atoms with Gasteiger partial charge in [0.05, 0.1) is 16.8 Å². The lowest BCUT2D eigenvalue weighted by atomic mass is 10.2. The maximum atomic E-state index is 12.3. The highest BCUT2D eigenvalue weighted by atomic mass is 32.1. The number of fused-ring (bicyclic) bond motifs is 1. The van der Waals surface area contributed by atoms with E-state index in [0.717, 1.165) is 21.8 Å². The fraction of sp³-hybridized carbons (Fsp3) is 0.174. The number of hydrogen-bond acceptors (Lipinski definition) is 7. The quantitative estimate of drug-likeness (QED) is 0.358. The van der Waals surface area contributed by atoms with Crippen LogP contribution in [0.1, 0.15) is 13.3 Å². The van der Waals surface area contributed by atoms with E-state index in [4.69, 9.17) is 9.47 Å². The van der Waals surface area contributed by atoms with Gasteiger partial charge in [0, 0.05) is 5.69 Å². The minimum atomic E-state index is -0.505. The third kappa shape index (κ3) is 5.49. The Balaban J connectivity index is 1.29. The zero-order valence-corrected chi connectivity index (χ0v) is 17.8. The second-order valence-corrected chi connectivity index (χ2v) is 7.65. The Hall–Kier alpha value is -3.65. The number of anilines is 2. The zero-order chi connectivity index (χ0) is 21.5. The van der Waals surface area contributed by atoms with Gasteiger partial charge < -0.3 is 14.8 Å². The smallest absolute Gasteiger partial charge is 0.411 e. The average Bonchev–Trinajstić information content (AvgIpc) is 3.28. The largest absolute Gasteiger partial charge is 0.457 e. The molecule has 0 radical (unpaired) electrons. The fourth-order valence-electron chi connectivity index (χ4n) is 2.92. The summed E-state index contributed by atoms with van der Waals surface area (Å²) in [6.45, 7) is 2.42. The maximum absolute atomic E-state index is 12.3. The van der Waals surface area contributed by atoms with Crippen molar-refractivity contribution in [3.8, 4) is 11.5 Å². The van der Waals surface area contributed by atoms with Crippen molar-refractivity contribution < 1.29 is 14.3 Å². The predicted octanol–water partition coefficient (Wildman–Crippen LogP) is 5.92. The molecule has 1 amide bonds. The van der Waals surface area contributed by atoms with Crippen LogP contribution < -0.4 is 15.4 Å². The summed E-state index contributed by atoms with van der Waals surface area (Å²) >= 11 is 1.57. The van der Waals surface area contributed by atoms with E-state index in [9.17, 15) is 4.79 Å². The molecular formula is C23H22N4O3S. The predicted molar refractivity (Wildman–Crippen MR) is 123 cm³/mol. The molecule has 2 aromatic carbocycles. The van der Waals surface area contributed by atoms with Gasteiger partial charge in [-0.3, -0.25) is 5.32 Å². The van der Waals surface area contributed by atoms with E-state index in [-0.39, 0.29) is 6.10 Å². The minimum Gasteiger partial charge on any atom is -0.457 e. The van der Waals surface area contributed by atoms with Gasteiger partial charge in [-0.25, -0.2) is 14.8 Å². The van der Waals surface area contributed by atoms with Crippen molar-refractivity contribution in [2.24, 2.45) is 0 Å². The molecule has 0 saturated heterocycles. The Kier molecular flexibility index (Phi) is 6.59. The van der Waals surface area contributed by atoms with Crippen LogP contribution in [-0.2, 0) is 4.74 Å². The highest BCUT2D eigenvalue weighted by molar-refractivity contribution is 7.17. The van der Waals surface area contributed by atoms with E-state index in [1.807, 2.05) is 48.7 Å². The number of benzene rings is 2. The number of amides is 1. The SMILES string of the molecule is CCC(CNc1ncnc2ccsc12)OC(=O)Nc1ccc(Oc2ccccc2)cc1. The molecule has 31 heavy (non-hydrogen) atoms. The van der Waals surface area contributed by atoms with Gasteiger partial charge in [-0.05, 0) is 54.3 Å². The molecule has 7 nitrogen and oxygen atoms in total. The van der Waals surface area contributed by atoms with Gasteiger partial charge in [-0.15, -0.1) is 11.3 Å². The molecule has 0 fully saturated rings. The summed E-state index contributed by atoms with van der Waals surface area (Å²) < 4.78 is 12.3. The van der Waals surface area contributed by atoms with Gasteiger partial charge in [0.2, 0.25) is 0 Å². The second-order valence-electron chi connectivity index (χ2n) is 6.74. The molecule has 2 heterocycles. The molecule has 2 N–H and O–H groups in total.